The fraction of sp³-hybridized carbons (Fsp3) is 0.462. The molecule has 1 aromatic carbocycles. The summed E-state index contributed by atoms with van der Waals surface area (Å²) in [6.07, 6.45) is 2.10. The molecule has 2 N–H and O–H groups in total. The van der Waals surface area contributed by atoms with Gasteiger partial charge in [0.05, 0.1) is 5.41 Å². The Labute approximate surface area is 106 Å². The molecule has 1 aliphatic heterocycles. The van der Waals surface area contributed by atoms with Gasteiger partial charge in [0, 0.05) is 11.6 Å². The summed E-state index contributed by atoms with van der Waals surface area (Å²) in [5.74, 6) is -0.732. The van der Waals surface area contributed by atoms with Crippen LogP contribution in [0.3, 0.4) is 0 Å². The number of aliphatic carboxylic acids is 1. The van der Waals surface area contributed by atoms with Crippen molar-refractivity contribution in [2.24, 2.45) is 5.41 Å². The maximum Gasteiger partial charge on any atom is 0.311 e. The predicted molar refractivity (Wildman–Crippen MR) is 67.3 cm³/mol. The maximum atomic E-state index is 11.5. The van der Waals surface area contributed by atoms with Crippen LogP contribution in [0.2, 0.25) is 5.02 Å². The minimum absolute atomic E-state index is 0.495. The molecule has 1 aromatic rings. The van der Waals surface area contributed by atoms with Crippen molar-refractivity contribution in [1.82, 2.24) is 5.32 Å². The zero-order chi connectivity index (χ0) is 12.3. The minimum atomic E-state index is -0.732. The van der Waals surface area contributed by atoms with Crippen LogP contribution in [0, 0.1) is 5.41 Å². The SMILES string of the molecule is O=C(O)C1(Cc2ccccc2Cl)CCCNC1. The monoisotopic (exact) mass is 253 g/mol. The van der Waals surface area contributed by atoms with Gasteiger partial charge in [0.2, 0.25) is 0 Å². The molecule has 0 radical (unpaired) electrons. The molecule has 0 aliphatic carbocycles. The van der Waals surface area contributed by atoms with Crippen LogP contribution in [0.1, 0.15) is 18.4 Å². The van der Waals surface area contributed by atoms with Crippen LogP contribution in [0.25, 0.3) is 0 Å². The van der Waals surface area contributed by atoms with Gasteiger partial charge >= 0.3 is 5.97 Å². The Morgan fingerprint density at radius 2 is 2.24 bits per heavy atom. The Morgan fingerprint density at radius 1 is 1.47 bits per heavy atom. The smallest absolute Gasteiger partial charge is 0.311 e. The largest absolute Gasteiger partial charge is 0.481 e. The second kappa shape index (κ2) is 5.07. The number of hydrogen-bond donors (Lipinski definition) is 2. The predicted octanol–water partition coefficient (Wildman–Crippen LogP) is 2.34. The number of hydrogen-bond acceptors (Lipinski definition) is 2. The Kier molecular flexibility index (Phi) is 3.69. The summed E-state index contributed by atoms with van der Waals surface area (Å²) in [5, 5.41) is 13.3. The van der Waals surface area contributed by atoms with Crippen LogP contribution >= 0.6 is 11.6 Å². The number of benzene rings is 1. The van der Waals surface area contributed by atoms with E-state index in [2.05, 4.69) is 5.32 Å². The second-order valence-corrected chi connectivity index (χ2v) is 5.04. The van der Waals surface area contributed by atoms with Crippen LogP contribution < -0.4 is 5.32 Å². The lowest BCUT2D eigenvalue weighted by molar-refractivity contribution is -0.150. The first kappa shape index (κ1) is 12.4. The van der Waals surface area contributed by atoms with E-state index in [1.165, 1.54) is 0 Å². The average molecular weight is 254 g/mol. The Hall–Kier alpha value is -1.06. The molecule has 1 saturated heterocycles. The number of piperidine rings is 1. The fourth-order valence-electron chi connectivity index (χ4n) is 2.38. The van der Waals surface area contributed by atoms with Crippen LogP contribution in [0.15, 0.2) is 24.3 Å². The van der Waals surface area contributed by atoms with E-state index >= 15 is 0 Å². The van der Waals surface area contributed by atoms with E-state index in [1.54, 1.807) is 0 Å². The lowest BCUT2D eigenvalue weighted by atomic mass is 9.76. The van der Waals surface area contributed by atoms with Gasteiger partial charge in [-0.05, 0) is 37.4 Å². The molecule has 1 aliphatic rings. The van der Waals surface area contributed by atoms with E-state index in [0.717, 1.165) is 18.5 Å². The van der Waals surface area contributed by atoms with E-state index in [1.807, 2.05) is 24.3 Å². The van der Waals surface area contributed by atoms with Crippen molar-refractivity contribution >= 4 is 17.6 Å². The van der Waals surface area contributed by atoms with Crippen molar-refractivity contribution in [3.05, 3.63) is 34.9 Å². The normalized spacial score (nSPS) is 24.5. The average Bonchev–Trinajstić information content (AvgIpc) is 2.33. The molecule has 0 spiro atoms. The first-order valence-electron chi connectivity index (χ1n) is 5.82. The van der Waals surface area contributed by atoms with Crippen LogP contribution in [-0.4, -0.2) is 24.2 Å². The van der Waals surface area contributed by atoms with Gasteiger partial charge in [-0.3, -0.25) is 4.79 Å². The zero-order valence-corrected chi connectivity index (χ0v) is 10.3. The quantitative estimate of drug-likeness (QED) is 0.869. The number of halogens is 1. The molecule has 0 amide bonds. The van der Waals surface area contributed by atoms with E-state index in [9.17, 15) is 9.90 Å². The number of nitrogens with one attached hydrogen (secondary N) is 1. The maximum absolute atomic E-state index is 11.5. The lowest BCUT2D eigenvalue weighted by Gasteiger charge is -2.34. The number of carboxylic acids is 1. The first-order chi connectivity index (χ1) is 8.14. The summed E-state index contributed by atoms with van der Waals surface area (Å²) >= 11 is 6.10. The third kappa shape index (κ3) is 2.61. The van der Waals surface area contributed by atoms with Gasteiger partial charge in [-0.25, -0.2) is 0 Å². The molecule has 1 atom stereocenters. The van der Waals surface area contributed by atoms with Crippen molar-refractivity contribution in [3.63, 3.8) is 0 Å². The molecule has 2 rings (SSSR count). The first-order valence-corrected chi connectivity index (χ1v) is 6.19. The second-order valence-electron chi connectivity index (χ2n) is 4.63. The molecule has 1 fully saturated rings. The number of carboxylic acid groups (broad SMARTS) is 1. The van der Waals surface area contributed by atoms with Crippen molar-refractivity contribution < 1.29 is 9.90 Å². The van der Waals surface area contributed by atoms with Gasteiger partial charge in [0.25, 0.3) is 0 Å². The van der Waals surface area contributed by atoms with Gasteiger partial charge in [-0.15, -0.1) is 0 Å². The summed E-state index contributed by atoms with van der Waals surface area (Å²) in [6.45, 7) is 1.42. The van der Waals surface area contributed by atoms with Crippen molar-refractivity contribution in [2.45, 2.75) is 19.3 Å². The van der Waals surface area contributed by atoms with E-state index in [-0.39, 0.29) is 0 Å². The highest BCUT2D eigenvalue weighted by atomic mass is 35.5. The number of rotatable bonds is 3. The molecular weight excluding hydrogens is 238 g/mol. The topological polar surface area (TPSA) is 49.3 Å². The molecule has 17 heavy (non-hydrogen) atoms. The molecule has 3 nitrogen and oxygen atoms in total. The third-order valence-electron chi connectivity index (χ3n) is 3.41. The van der Waals surface area contributed by atoms with Gasteiger partial charge in [-0.1, -0.05) is 29.8 Å². The van der Waals surface area contributed by atoms with Crippen LogP contribution in [-0.2, 0) is 11.2 Å². The van der Waals surface area contributed by atoms with Gasteiger partial charge in [-0.2, -0.15) is 0 Å². The zero-order valence-electron chi connectivity index (χ0n) is 9.58. The number of carbonyl (C=O) groups is 1. The van der Waals surface area contributed by atoms with Crippen LogP contribution in [0.4, 0.5) is 0 Å². The Morgan fingerprint density at radius 3 is 2.82 bits per heavy atom. The van der Waals surface area contributed by atoms with E-state index in [0.29, 0.717) is 24.4 Å². The molecule has 1 heterocycles. The highest BCUT2D eigenvalue weighted by Gasteiger charge is 2.40. The minimum Gasteiger partial charge on any atom is -0.481 e. The van der Waals surface area contributed by atoms with Crippen molar-refractivity contribution in [2.75, 3.05) is 13.1 Å². The van der Waals surface area contributed by atoms with Crippen LogP contribution in [0.5, 0.6) is 0 Å². The summed E-state index contributed by atoms with van der Waals surface area (Å²) < 4.78 is 0. The van der Waals surface area contributed by atoms with Gasteiger partial charge in [0.1, 0.15) is 0 Å². The molecule has 1 unspecified atom stereocenters. The molecule has 92 valence electrons. The Bertz CT molecular complexity index is 414. The molecule has 4 heteroatoms. The van der Waals surface area contributed by atoms with E-state index in [4.69, 9.17) is 11.6 Å². The summed E-state index contributed by atoms with van der Waals surface area (Å²) in [5.41, 5.74) is 0.212. The van der Waals surface area contributed by atoms with Gasteiger partial charge in [0.15, 0.2) is 0 Å². The highest BCUT2D eigenvalue weighted by molar-refractivity contribution is 6.31. The summed E-state index contributed by atoms with van der Waals surface area (Å²) in [4.78, 5) is 11.5. The molecule has 0 saturated carbocycles. The standard InChI is InChI=1S/C13H16ClNO2/c14-11-5-2-1-4-10(11)8-13(12(16)17)6-3-7-15-9-13/h1-2,4-5,15H,3,6-9H2,(H,16,17). The molecular formula is C13H16ClNO2. The summed E-state index contributed by atoms with van der Waals surface area (Å²) in [7, 11) is 0. The Balaban J connectivity index is 2.24. The summed E-state index contributed by atoms with van der Waals surface area (Å²) in [6, 6.07) is 7.47. The van der Waals surface area contributed by atoms with Crippen molar-refractivity contribution in [1.29, 1.82) is 0 Å². The fourth-order valence-corrected chi connectivity index (χ4v) is 2.59. The lowest BCUT2D eigenvalue weighted by Crippen LogP contribution is -2.47. The van der Waals surface area contributed by atoms with E-state index < -0.39 is 11.4 Å². The molecule has 0 aromatic heterocycles. The third-order valence-corrected chi connectivity index (χ3v) is 3.78. The highest BCUT2D eigenvalue weighted by Crippen LogP contribution is 2.33. The van der Waals surface area contributed by atoms with Gasteiger partial charge < -0.3 is 10.4 Å². The van der Waals surface area contributed by atoms with Crippen molar-refractivity contribution in [3.8, 4) is 0 Å². The molecule has 0 bridgehead atoms.